The maximum Gasteiger partial charge on any atom is 0.265 e. The van der Waals surface area contributed by atoms with Crippen molar-refractivity contribution in [1.29, 1.82) is 0 Å². The summed E-state index contributed by atoms with van der Waals surface area (Å²) in [5, 5.41) is 17.8. The van der Waals surface area contributed by atoms with Gasteiger partial charge < -0.3 is 15.4 Å². The van der Waals surface area contributed by atoms with Crippen LogP contribution in [0.1, 0.15) is 99.6 Å². The molecule has 0 spiro atoms. The second-order valence-electron chi connectivity index (χ2n) is 15.2. The van der Waals surface area contributed by atoms with Crippen molar-refractivity contribution in [2.75, 3.05) is 10.6 Å². The van der Waals surface area contributed by atoms with Gasteiger partial charge in [0, 0.05) is 22.4 Å². The van der Waals surface area contributed by atoms with Gasteiger partial charge in [-0.2, -0.15) is 4.68 Å². The smallest absolute Gasteiger partial charge is 0.265 e. The highest BCUT2D eigenvalue weighted by molar-refractivity contribution is 8.03. The van der Waals surface area contributed by atoms with Crippen molar-refractivity contribution in [3.05, 3.63) is 83.9 Å². The minimum absolute atomic E-state index is 0.000276. The summed E-state index contributed by atoms with van der Waals surface area (Å²) in [5.74, 6) is -0.956. The van der Waals surface area contributed by atoms with Crippen LogP contribution in [0.2, 0.25) is 0 Å². The first-order chi connectivity index (χ1) is 24.4. The zero-order valence-corrected chi connectivity index (χ0v) is 33.4. The fraction of sp³-hybridized carbons (Fsp3) is 0.450. The molecule has 0 bridgehead atoms. The normalized spacial score (nSPS) is 13.9. The monoisotopic (exact) mass is 746 g/mol. The number of tetrazole rings is 1. The number of hydrogen-bond acceptors (Lipinski definition) is 8. The third kappa shape index (κ3) is 9.22. The van der Waals surface area contributed by atoms with Crippen LogP contribution in [0.4, 0.5) is 11.4 Å². The molecule has 0 radical (unpaired) electrons. The van der Waals surface area contributed by atoms with Crippen molar-refractivity contribution < 1.29 is 19.1 Å². The molecular weight excluding hydrogens is 696 g/mol. The number of hydrogen-bond donors (Lipinski definition) is 2. The lowest BCUT2D eigenvalue weighted by molar-refractivity contribution is -0.131. The summed E-state index contributed by atoms with van der Waals surface area (Å²) in [6, 6.07) is 22.0. The SMILES string of the molecule is CCC(Oc1ccc(C(C)(C)CC)cc1C(C)(C)CC)C(=O)Nc1cccc(NC(=O)C(Cl)(Sc2nnnn2-c2ccccc2)C(=O)C(C)(C)C)c1. The number of ether oxygens (including phenoxy) is 1. The molecule has 4 aromatic rings. The molecule has 0 aliphatic rings. The molecule has 0 fully saturated rings. The second kappa shape index (κ2) is 16.2. The van der Waals surface area contributed by atoms with E-state index < -0.39 is 27.4 Å². The number of amides is 2. The first-order valence-corrected chi connectivity index (χ1v) is 18.9. The van der Waals surface area contributed by atoms with E-state index in [4.69, 9.17) is 16.3 Å². The lowest BCUT2D eigenvalue weighted by Crippen LogP contribution is -2.47. The number of alkyl halides is 1. The number of carbonyl (C=O) groups is 3. The molecule has 1 heterocycles. The Morgan fingerprint density at radius 2 is 1.46 bits per heavy atom. The Hall–Kier alpha value is -4.22. The third-order valence-electron chi connectivity index (χ3n) is 9.52. The van der Waals surface area contributed by atoms with Crippen LogP contribution in [-0.2, 0) is 25.2 Å². The van der Waals surface area contributed by atoms with Crippen LogP contribution in [0.5, 0.6) is 5.75 Å². The molecular formula is C40H51ClN6O4S. The van der Waals surface area contributed by atoms with Crippen molar-refractivity contribution >= 4 is 52.3 Å². The van der Waals surface area contributed by atoms with Gasteiger partial charge in [-0.15, -0.1) is 5.10 Å². The summed E-state index contributed by atoms with van der Waals surface area (Å²) >= 11 is 7.75. The zero-order chi connectivity index (χ0) is 38.5. The Labute approximate surface area is 316 Å². The highest BCUT2D eigenvalue weighted by atomic mass is 35.5. The Morgan fingerprint density at radius 3 is 2.06 bits per heavy atom. The molecule has 3 aromatic carbocycles. The van der Waals surface area contributed by atoms with Crippen molar-refractivity contribution in [2.45, 2.75) is 115 Å². The van der Waals surface area contributed by atoms with Gasteiger partial charge in [-0.25, -0.2) is 0 Å². The molecule has 2 amide bonds. The Kier molecular flexibility index (Phi) is 12.6. The molecule has 52 heavy (non-hydrogen) atoms. The van der Waals surface area contributed by atoms with E-state index in [-0.39, 0.29) is 21.9 Å². The molecule has 0 aliphatic carbocycles. The van der Waals surface area contributed by atoms with Gasteiger partial charge in [0.05, 0.1) is 5.69 Å². The minimum atomic E-state index is -2.13. The predicted octanol–water partition coefficient (Wildman–Crippen LogP) is 9.11. The molecule has 1 aromatic heterocycles. The summed E-state index contributed by atoms with van der Waals surface area (Å²) in [4.78, 5) is 41.4. The van der Waals surface area contributed by atoms with Crippen LogP contribution in [0.25, 0.3) is 5.69 Å². The quantitative estimate of drug-likeness (QED) is 0.0701. The summed E-state index contributed by atoms with van der Waals surface area (Å²) < 4.78 is 5.73. The Bertz CT molecular complexity index is 1890. The lowest BCUT2D eigenvalue weighted by Gasteiger charge is -2.31. The number of nitrogens with one attached hydrogen (secondary N) is 2. The maximum atomic E-state index is 14.0. The van der Waals surface area contributed by atoms with Crippen molar-refractivity contribution in [3.8, 4) is 11.4 Å². The number of thioether (sulfide) groups is 1. The molecule has 12 heteroatoms. The van der Waals surface area contributed by atoms with Crippen molar-refractivity contribution in [1.82, 2.24) is 20.2 Å². The minimum Gasteiger partial charge on any atom is -0.480 e. The Balaban J connectivity index is 1.56. The second-order valence-corrected chi connectivity index (χ2v) is 17.2. The van der Waals surface area contributed by atoms with Crippen LogP contribution in [0, 0.1) is 5.41 Å². The number of benzene rings is 3. The lowest BCUT2D eigenvalue weighted by atomic mass is 9.76. The number of nitrogens with zero attached hydrogens (tertiary/aromatic N) is 4. The van der Waals surface area contributed by atoms with E-state index in [1.165, 1.54) is 10.2 Å². The molecule has 0 aliphatic heterocycles. The number of rotatable bonds is 15. The van der Waals surface area contributed by atoms with Gasteiger partial charge in [-0.3, -0.25) is 14.4 Å². The van der Waals surface area contributed by atoms with E-state index in [9.17, 15) is 14.4 Å². The van der Waals surface area contributed by atoms with E-state index >= 15 is 0 Å². The van der Waals surface area contributed by atoms with Gasteiger partial charge in [0.1, 0.15) is 5.75 Å². The fourth-order valence-corrected chi connectivity index (χ4v) is 6.98. The van der Waals surface area contributed by atoms with Gasteiger partial charge in [-0.05, 0) is 94.2 Å². The highest BCUT2D eigenvalue weighted by Crippen LogP contribution is 2.43. The number of Topliss-reactive ketones (excluding diaryl/α,β-unsaturated/α-hetero) is 1. The number of anilines is 2. The molecule has 10 nitrogen and oxygen atoms in total. The van der Waals surface area contributed by atoms with Crippen LogP contribution in [0.15, 0.2) is 78.0 Å². The molecule has 4 rings (SSSR count). The van der Waals surface area contributed by atoms with E-state index in [2.05, 4.69) is 79.8 Å². The predicted molar refractivity (Wildman–Crippen MR) is 210 cm³/mol. The van der Waals surface area contributed by atoms with Crippen LogP contribution in [0.3, 0.4) is 0 Å². The molecule has 0 saturated carbocycles. The topological polar surface area (TPSA) is 128 Å². The number of carbonyl (C=O) groups excluding carboxylic acids is 3. The highest BCUT2D eigenvalue weighted by Gasteiger charge is 2.51. The summed E-state index contributed by atoms with van der Waals surface area (Å²) in [5.41, 5.74) is 2.53. The maximum absolute atomic E-state index is 14.0. The zero-order valence-electron chi connectivity index (χ0n) is 31.8. The average Bonchev–Trinajstić information content (AvgIpc) is 3.57. The van der Waals surface area contributed by atoms with Crippen LogP contribution >= 0.6 is 23.4 Å². The Morgan fingerprint density at radius 1 is 0.827 bits per heavy atom. The molecule has 2 N–H and O–H groups in total. The number of para-hydroxylation sites is 1. The van der Waals surface area contributed by atoms with Gasteiger partial charge in [0.25, 0.3) is 11.8 Å². The third-order valence-corrected chi connectivity index (χ3v) is 11.2. The number of ketones is 1. The molecule has 0 saturated heterocycles. The van der Waals surface area contributed by atoms with Gasteiger partial charge in [0.2, 0.25) is 9.36 Å². The van der Waals surface area contributed by atoms with E-state index in [0.29, 0.717) is 29.2 Å². The first-order valence-electron chi connectivity index (χ1n) is 17.7. The van der Waals surface area contributed by atoms with E-state index in [1.807, 2.05) is 31.2 Å². The van der Waals surface area contributed by atoms with Crippen molar-refractivity contribution in [3.63, 3.8) is 0 Å². The summed E-state index contributed by atoms with van der Waals surface area (Å²) in [6.07, 6.45) is 1.54. The van der Waals surface area contributed by atoms with E-state index in [1.54, 1.807) is 57.2 Å². The molecule has 2 atom stereocenters. The van der Waals surface area contributed by atoms with Crippen LogP contribution in [-0.4, -0.2) is 48.1 Å². The average molecular weight is 747 g/mol. The summed E-state index contributed by atoms with van der Waals surface area (Å²) in [6.45, 7) is 20.1. The van der Waals surface area contributed by atoms with E-state index in [0.717, 1.165) is 30.2 Å². The summed E-state index contributed by atoms with van der Waals surface area (Å²) in [7, 11) is 0. The standard InChI is InChI=1S/C40H51ClN6O4S/c1-11-31(51-32-23-22-26(38(7,8)12-2)24-30(32)39(9,10)13-3)33(48)42-27-18-17-19-28(25-27)43-35(50)40(41,34(49)37(4,5)6)52-36-44-45-46-47(36)29-20-15-14-16-21-29/h14-25,31H,11-13H2,1-10H3,(H,42,48)(H,43,50). The fourth-order valence-electron chi connectivity index (χ4n) is 5.34. The van der Waals surface area contributed by atoms with Crippen LogP contribution < -0.4 is 15.4 Å². The van der Waals surface area contributed by atoms with Gasteiger partial charge in [0.15, 0.2) is 11.9 Å². The number of aromatic nitrogens is 4. The van der Waals surface area contributed by atoms with Gasteiger partial charge in [-0.1, -0.05) is 117 Å². The van der Waals surface area contributed by atoms with Gasteiger partial charge >= 0.3 is 0 Å². The van der Waals surface area contributed by atoms with Crippen molar-refractivity contribution in [2.24, 2.45) is 5.41 Å². The molecule has 2 unspecified atom stereocenters. The molecule has 278 valence electrons. The largest absolute Gasteiger partial charge is 0.480 e. The number of halogens is 1. The first kappa shape index (κ1) is 40.5.